The molecule has 0 aliphatic heterocycles. The van der Waals surface area contributed by atoms with Gasteiger partial charge in [-0.15, -0.1) is 21.5 Å². The Bertz CT molecular complexity index is 1210. The minimum Gasteiger partial charge on any atom is -0.495 e. The second-order valence-corrected chi connectivity index (χ2v) is 9.27. The fourth-order valence-corrected chi connectivity index (χ4v) is 4.72. The lowest BCUT2D eigenvalue weighted by Gasteiger charge is -2.15. The number of hydrogen-bond donors (Lipinski definition) is 1. The van der Waals surface area contributed by atoms with Gasteiger partial charge < -0.3 is 14.5 Å². The Labute approximate surface area is 198 Å². The molecule has 2 aromatic heterocycles. The number of nitrogens with zero attached hydrogens (tertiary/aromatic N) is 3. The molecule has 7 nitrogen and oxygen atoms in total. The standard InChI is InChI=1S/C22H19ClN4O3S2/c1-13-24-16(12-31-13)11-19-26-27-22(30-19)32-20(14-6-4-3-5-7-14)21(28)25-15-8-9-18(29-2)17(23)10-15/h3-10,12,20H,11H2,1-2H3,(H,25,28)/t20-/m1/s1. The van der Waals surface area contributed by atoms with Gasteiger partial charge in [0.15, 0.2) is 0 Å². The molecule has 0 aliphatic carbocycles. The topological polar surface area (TPSA) is 90.1 Å². The lowest BCUT2D eigenvalue weighted by Crippen LogP contribution is -2.19. The highest BCUT2D eigenvalue weighted by molar-refractivity contribution is 8.00. The Morgan fingerprint density at radius 3 is 2.75 bits per heavy atom. The number of methoxy groups -OCH3 is 1. The van der Waals surface area contributed by atoms with Gasteiger partial charge in [-0.25, -0.2) is 4.98 Å². The fourth-order valence-electron chi connectivity index (χ4n) is 2.96. The van der Waals surface area contributed by atoms with Crippen LogP contribution in [0.25, 0.3) is 0 Å². The summed E-state index contributed by atoms with van der Waals surface area (Å²) in [5, 5.41) is 14.2. The van der Waals surface area contributed by atoms with E-state index in [1.165, 1.54) is 18.9 Å². The average Bonchev–Trinajstić information content (AvgIpc) is 3.41. The molecule has 4 aromatic rings. The van der Waals surface area contributed by atoms with Crippen molar-refractivity contribution in [2.75, 3.05) is 12.4 Å². The van der Waals surface area contributed by atoms with Crippen LogP contribution in [-0.2, 0) is 11.2 Å². The molecular weight excluding hydrogens is 468 g/mol. The number of thioether (sulfide) groups is 1. The lowest BCUT2D eigenvalue weighted by atomic mass is 10.1. The number of thiazole rings is 1. The van der Waals surface area contributed by atoms with Crippen LogP contribution < -0.4 is 10.1 Å². The highest BCUT2D eigenvalue weighted by Gasteiger charge is 2.25. The number of halogens is 1. The van der Waals surface area contributed by atoms with Crippen molar-refractivity contribution < 1.29 is 13.9 Å². The highest BCUT2D eigenvalue weighted by atomic mass is 35.5. The van der Waals surface area contributed by atoms with Crippen LogP contribution in [0.1, 0.15) is 27.4 Å². The molecular formula is C22H19ClN4O3S2. The first kappa shape index (κ1) is 22.3. The molecule has 164 valence electrons. The second-order valence-electron chi connectivity index (χ2n) is 6.74. The minimum atomic E-state index is -0.605. The molecule has 2 aromatic carbocycles. The monoisotopic (exact) mass is 486 g/mol. The van der Waals surface area contributed by atoms with Gasteiger partial charge in [0.2, 0.25) is 11.8 Å². The molecule has 0 bridgehead atoms. The van der Waals surface area contributed by atoms with Gasteiger partial charge in [0.1, 0.15) is 11.0 Å². The van der Waals surface area contributed by atoms with Gasteiger partial charge in [0.05, 0.1) is 29.3 Å². The first-order chi connectivity index (χ1) is 15.5. The largest absolute Gasteiger partial charge is 0.495 e. The van der Waals surface area contributed by atoms with Gasteiger partial charge in [-0.1, -0.05) is 41.9 Å². The first-order valence-electron chi connectivity index (χ1n) is 9.61. The number of hydrogen-bond acceptors (Lipinski definition) is 8. The summed E-state index contributed by atoms with van der Waals surface area (Å²) in [4.78, 5) is 17.6. The second kappa shape index (κ2) is 10.2. The van der Waals surface area contributed by atoms with E-state index in [1.54, 1.807) is 29.5 Å². The summed E-state index contributed by atoms with van der Waals surface area (Å²) in [6.07, 6.45) is 0.449. The predicted octanol–water partition coefficient (Wildman–Crippen LogP) is 5.56. The van der Waals surface area contributed by atoms with Crippen LogP contribution >= 0.6 is 34.7 Å². The van der Waals surface area contributed by atoms with Gasteiger partial charge in [-0.05, 0) is 42.4 Å². The van der Waals surface area contributed by atoms with Gasteiger partial charge >= 0.3 is 0 Å². The summed E-state index contributed by atoms with van der Waals surface area (Å²) in [5.41, 5.74) is 2.25. The van der Waals surface area contributed by atoms with Crippen molar-refractivity contribution >= 4 is 46.3 Å². The normalized spacial score (nSPS) is 11.8. The molecule has 2 heterocycles. The van der Waals surface area contributed by atoms with Crippen LogP contribution in [0, 0.1) is 6.92 Å². The minimum absolute atomic E-state index is 0.239. The van der Waals surface area contributed by atoms with Crippen LogP contribution in [0.15, 0.2) is 63.6 Å². The number of aromatic nitrogens is 3. The number of ether oxygens (including phenoxy) is 1. The summed E-state index contributed by atoms with van der Waals surface area (Å²) < 4.78 is 11.0. The van der Waals surface area contributed by atoms with E-state index in [9.17, 15) is 4.79 Å². The zero-order chi connectivity index (χ0) is 22.5. The van der Waals surface area contributed by atoms with Crippen molar-refractivity contribution in [2.24, 2.45) is 0 Å². The molecule has 1 atom stereocenters. The summed E-state index contributed by atoms with van der Waals surface area (Å²) in [5.74, 6) is 0.747. The Kier molecular flexibility index (Phi) is 7.09. The van der Waals surface area contributed by atoms with Crippen molar-refractivity contribution in [1.29, 1.82) is 0 Å². The van der Waals surface area contributed by atoms with Crippen molar-refractivity contribution in [1.82, 2.24) is 15.2 Å². The fraction of sp³-hybridized carbons (Fsp3) is 0.182. The van der Waals surface area contributed by atoms with Crippen molar-refractivity contribution in [2.45, 2.75) is 23.8 Å². The third-order valence-electron chi connectivity index (χ3n) is 4.43. The summed E-state index contributed by atoms with van der Waals surface area (Å²) in [6.45, 7) is 1.95. The average molecular weight is 487 g/mol. The summed E-state index contributed by atoms with van der Waals surface area (Å²) in [7, 11) is 1.54. The predicted molar refractivity (Wildman–Crippen MR) is 126 cm³/mol. The third kappa shape index (κ3) is 5.48. The van der Waals surface area contributed by atoms with Crippen molar-refractivity contribution in [3.05, 3.63) is 81.1 Å². The van der Waals surface area contributed by atoms with E-state index < -0.39 is 5.25 Å². The number of carbonyl (C=O) groups is 1. The first-order valence-corrected chi connectivity index (χ1v) is 11.7. The molecule has 1 amide bonds. The maximum Gasteiger partial charge on any atom is 0.277 e. The van der Waals surface area contributed by atoms with Crippen molar-refractivity contribution in [3.63, 3.8) is 0 Å². The van der Waals surface area contributed by atoms with E-state index in [4.69, 9.17) is 20.8 Å². The molecule has 0 fully saturated rings. The Morgan fingerprint density at radius 1 is 1.25 bits per heavy atom. The molecule has 0 saturated carbocycles. The number of benzene rings is 2. The molecule has 0 aliphatic rings. The molecule has 10 heteroatoms. The molecule has 32 heavy (non-hydrogen) atoms. The SMILES string of the molecule is COc1ccc(NC(=O)[C@H](Sc2nnc(Cc3csc(C)n3)o2)c2ccccc2)cc1Cl. The van der Waals surface area contributed by atoms with Gasteiger partial charge in [0, 0.05) is 11.1 Å². The Morgan fingerprint density at radius 2 is 2.06 bits per heavy atom. The summed E-state index contributed by atoms with van der Waals surface area (Å²) >= 11 is 8.95. The molecule has 0 saturated heterocycles. The number of carbonyl (C=O) groups excluding carboxylic acids is 1. The Hall–Kier alpha value is -2.88. The number of anilines is 1. The van der Waals surface area contributed by atoms with Crippen LogP contribution in [0.2, 0.25) is 5.02 Å². The molecule has 4 rings (SSSR count). The highest BCUT2D eigenvalue weighted by Crippen LogP contribution is 2.36. The van der Waals surface area contributed by atoms with Crippen LogP contribution in [-0.4, -0.2) is 28.2 Å². The van der Waals surface area contributed by atoms with E-state index in [0.29, 0.717) is 34.0 Å². The van der Waals surface area contributed by atoms with E-state index in [2.05, 4.69) is 20.5 Å². The summed E-state index contributed by atoms with van der Waals surface area (Å²) in [6, 6.07) is 14.5. The van der Waals surface area contributed by atoms with Crippen LogP contribution in [0.5, 0.6) is 5.75 Å². The zero-order valence-electron chi connectivity index (χ0n) is 17.2. The van der Waals surface area contributed by atoms with Gasteiger partial charge in [-0.2, -0.15) is 0 Å². The van der Waals surface area contributed by atoms with Gasteiger partial charge in [-0.3, -0.25) is 4.79 Å². The zero-order valence-corrected chi connectivity index (χ0v) is 19.6. The van der Waals surface area contributed by atoms with E-state index >= 15 is 0 Å². The lowest BCUT2D eigenvalue weighted by molar-refractivity contribution is -0.115. The molecule has 0 unspecified atom stereocenters. The van der Waals surface area contributed by atoms with Crippen molar-refractivity contribution in [3.8, 4) is 5.75 Å². The van der Waals surface area contributed by atoms with Crippen LogP contribution in [0.4, 0.5) is 5.69 Å². The van der Waals surface area contributed by atoms with E-state index in [1.807, 2.05) is 42.6 Å². The quantitative estimate of drug-likeness (QED) is 0.326. The maximum atomic E-state index is 13.2. The smallest absolute Gasteiger partial charge is 0.277 e. The van der Waals surface area contributed by atoms with Gasteiger partial charge in [0.25, 0.3) is 5.22 Å². The molecule has 0 radical (unpaired) electrons. The third-order valence-corrected chi connectivity index (χ3v) is 6.63. The number of amides is 1. The molecule has 1 N–H and O–H groups in total. The van der Waals surface area contributed by atoms with Crippen LogP contribution in [0.3, 0.4) is 0 Å². The number of nitrogens with one attached hydrogen (secondary N) is 1. The Balaban J connectivity index is 1.52. The number of rotatable bonds is 8. The van der Waals surface area contributed by atoms with E-state index in [-0.39, 0.29) is 5.91 Å². The van der Waals surface area contributed by atoms with E-state index in [0.717, 1.165) is 16.3 Å². The maximum absolute atomic E-state index is 13.2. The molecule has 0 spiro atoms. The number of aryl methyl sites for hydroxylation is 1.